The number of rotatable bonds is 6. The zero-order valence-electron chi connectivity index (χ0n) is 10.4. The van der Waals surface area contributed by atoms with Gasteiger partial charge < -0.3 is 15.2 Å². The Morgan fingerprint density at radius 2 is 2.17 bits per heavy atom. The molecule has 0 fully saturated rings. The summed E-state index contributed by atoms with van der Waals surface area (Å²) in [7, 11) is 1.59. The molecule has 2 N–H and O–H groups in total. The molecule has 1 aromatic rings. The van der Waals surface area contributed by atoms with Crippen LogP contribution in [0.5, 0.6) is 0 Å². The fourth-order valence-corrected chi connectivity index (χ4v) is 1.42. The molecule has 0 saturated carbocycles. The highest BCUT2D eigenvalue weighted by molar-refractivity contribution is 5.94. The normalized spacial score (nSPS) is 10.1. The Morgan fingerprint density at radius 3 is 2.72 bits per heavy atom. The van der Waals surface area contributed by atoms with Crippen LogP contribution in [0.3, 0.4) is 0 Å². The van der Waals surface area contributed by atoms with Crippen LogP contribution in [0.25, 0.3) is 0 Å². The number of ether oxygens (including phenoxy) is 1. The Balaban J connectivity index is 2.64. The summed E-state index contributed by atoms with van der Waals surface area (Å²) in [4.78, 5) is 26.4. The molecule has 0 aliphatic carbocycles. The first-order valence-electron chi connectivity index (χ1n) is 5.54. The van der Waals surface area contributed by atoms with E-state index in [1.807, 2.05) is 0 Å². The zero-order chi connectivity index (χ0) is 13.5. The molecule has 6 heteroatoms. The minimum atomic E-state index is -1.05. The van der Waals surface area contributed by atoms with Crippen molar-refractivity contribution in [1.29, 1.82) is 0 Å². The summed E-state index contributed by atoms with van der Waals surface area (Å²) < 4.78 is 4.86. The number of aromatic carboxylic acids is 1. The van der Waals surface area contributed by atoms with Gasteiger partial charge in [0.1, 0.15) is 5.69 Å². The maximum atomic E-state index is 11.7. The number of pyridine rings is 1. The molecule has 0 bridgehead atoms. The van der Waals surface area contributed by atoms with E-state index in [1.165, 1.54) is 12.1 Å². The Labute approximate surface area is 105 Å². The number of methoxy groups -OCH3 is 1. The molecule has 0 aliphatic heterocycles. The van der Waals surface area contributed by atoms with Crippen LogP contribution in [0.15, 0.2) is 12.1 Å². The molecule has 0 atom stereocenters. The van der Waals surface area contributed by atoms with Gasteiger partial charge in [0, 0.05) is 20.3 Å². The van der Waals surface area contributed by atoms with Gasteiger partial charge in [0.15, 0.2) is 0 Å². The first-order valence-corrected chi connectivity index (χ1v) is 5.54. The van der Waals surface area contributed by atoms with Crippen LogP contribution in [0.1, 0.15) is 33.0 Å². The topological polar surface area (TPSA) is 88.5 Å². The Hall–Kier alpha value is -1.95. The zero-order valence-corrected chi connectivity index (χ0v) is 10.4. The maximum Gasteiger partial charge on any atom is 0.337 e. The standard InChI is InChI=1S/C12H16N2O4/c1-8-9(12(16)17)4-5-10(14-8)11(15)13-6-3-7-18-2/h4-5H,3,6-7H2,1-2H3,(H,13,15)(H,16,17). The first kappa shape index (κ1) is 14.1. The Morgan fingerprint density at radius 1 is 1.44 bits per heavy atom. The van der Waals surface area contributed by atoms with Gasteiger partial charge in [0.25, 0.3) is 5.91 Å². The molecular weight excluding hydrogens is 236 g/mol. The number of carbonyl (C=O) groups is 2. The summed E-state index contributed by atoms with van der Waals surface area (Å²) in [6.07, 6.45) is 0.717. The molecule has 0 aromatic carbocycles. The number of amides is 1. The molecule has 1 amide bonds. The minimum Gasteiger partial charge on any atom is -0.478 e. The fourth-order valence-electron chi connectivity index (χ4n) is 1.42. The van der Waals surface area contributed by atoms with Gasteiger partial charge in [0.2, 0.25) is 0 Å². The summed E-state index contributed by atoms with van der Waals surface area (Å²) in [6.45, 7) is 2.63. The number of aryl methyl sites for hydroxylation is 1. The van der Waals surface area contributed by atoms with Crippen molar-refractivity contribution >= 4 is 11.9 Å². The number of carbonyl (C=O) groups excluding carboxylic acids is 1. The van der Waals surface area contributed by atoms with E-state index in [0.717, 1.165) is 0 Å². The van der Waals surface area contributed by atoms with Crippen molar-refractivity contribution in [1.82, 2.24) is 10.3 Å². The lowest BCUT2D eigenvalue weighted by Gasteiger charge is -2.06. The van der Waals surface area contributed by atoms with Gasteiger partial charge in [0.05, 0.1) is 11.3 Å². The predicted molar refractivity (Wildman–Crippen MR) is 64.8 cm³/mol. The van der Waals surface area contributed by atoms with Crippen molar-refractivity contribution < 1.29 is 19.4 Å². The van der Waals surface area contributed by atoms with E-state index in [9.17, 15) is 9.59 Å². The SMILES string of the molecule is COCCCNC(=O)c1ccc(C(=O)O)c(C)n1. The summed E-state index contributed by atoms with van der Waals surface area (Å²) >= 11 is 0. The van der Waals surface area contributed by atoms with Crippen LogP contribution < -0.4 is 5.32 Å². The van der Waals surface area contributed by atoms with Crippen LogP contribution in [0.4, 0.5) is 0 Å². The number of nitrogens with zero attached hydrogens (tertiary/aromatic N) is 1. The largest absolute Gasteiger partial charge is 0.478 e. The van der Waals surface area contributed by atoms with Gasteiger partial charge in [-0.05, 0) is 25.5 Å². The van der Waals surface area contributed by atoms with Gasteiger partial charge in [-0.2, -0.15) is 0 Å². The number of aromatic nitrogens is 1. The van der Waals surface area contributed by atoms with Gasteiger partial charge in [-0.3, -0.25) is 4.79 Å². The Kier molecular flexibility index (Phi) is 5.26. The summed E-state index contributed by atoms with van der Waals surface area (Å²) in [5.74, 6) is -1.36. The van der Waals surface area contributed by atoms with Crippen LogP contribution in [0, 0.1) is 6.92 Å². The predicted octanol–water partition coefficient (Wildman–Crippen LogP) is 0.855. The average Bonchev–Trinajstić information content (AvgIpc) is 2.33. The second-order valence-electron chi connectivity index (χ2n) is 3.74. The molecular formula is C12H16N2O4. The van der Waals surface area contributed by atoms with E-state index in [4.69, 9.17) is 9.84 Å². The highest BCUT2D eigenvalue weighted by Gasteiger charge is 2.12. The monoisotopic (exact) mass is 252 g/mol. The third kappa shape index (κ3) is 3.81. The number of nitrogens with one attached hydrogen (secondary N) is 1. The number of hydrogen-bond acceptors (Lipinski definition) is 4. The van der Waals surface area contributed by atoms with Gasteiger partial charge in [-0.25, -0.2) is 9.78 Å². The van der Waals surface area contributed by atoms with Crippen molar-refractivity contribution in [2.45, 2.75) is 13.3 Å². The lowest BCUT2D eigenvalue weighted by Crippen LogP contribution is -2.26. The number of carboxylic acids is 1. The smallest absolute Gasteiger partial charge is 0.337 e. The Bertz CT molecular complexity index is 446. The minimum absolute atomic E-state index is 0.103. The third-order valence-corrected chi connectivity index (χ3v) is 2.36. The van der Waals surface area contributed by atoms with Crippen molar-refractivity contribution in [2.75, 3.05) is 20.3 Å². The molecule has 0 aliphatic rings. The van der Waals surface area contributed by atoms with Gasteiger partial charge >= 0.3 is 5.97 Å². The van der Waals surface area contributed by atoms with Crippen LogP contribution in [0.2, 0.25) is 0 Å². The molecule has 98 valence electrons. The molecule has 0 radical (unpaired) electrons. The van der Waals surface area contributed by atoms with Gasteiger partial charge in [-0.1, -0.05) is 0 Å². The highest BCUT2D eigenvalue weighted by Crippen LogP contribution is 2.06. The second kappa shape index (κ2) is 6.70. The molecule has 1 aromatic heterocycles. The maximum absolute atomic E-state index is 11.7. The van der Waals surface area contributed by atoms with Crippen LogP contribution in [-0.4, -0.2) is 42.2 Å². The molecule has 0 saturated heterocycles. The highest BCUT2D eigenvalue weighted by atomic mass is 16.5. The molecule has 1 rings (SSSR count). The van der Waals surface area contributed by atoms with E-state index < -0.39 is 5.97 Å². The second-order valence-corrected chi connectivity index (χ2v) is 3.74. The van der Waals surface area contributed by atoms with E-state index in [2.05, 4.69) is 10.3 Å². The molecule has 6 nitrogen and oxygen atoms in total. The van der Waals surface area contributed by atoms with Crippen molar-refractivity contribution in [3.8, 4) is 0 Å². The lowest BCUT2D eigenvalue weighted by molar-refractivity contribution is 0.0694. The number of carboxylic acid groups (broad SMARTS) is 1. The van der Waals surface area contributed by atoms with E-state index in [-0.39, 0.29) is 17.2 Å². The summed E-state index contributed by atoms with van der Waals surface area (Å²) in [6, 6.07) is 2.79. The van der Waals surface area contributed by atoms with Crippen molar-refractivity contribution in [3.63, 3.8) is 0 Å². The van der Waals surface area contributed by atoms with Crippen LogP contribution in [-0.2, 0) is 4.74 Å². The van der Waals surface area contributed by atoms with Gasteiger partial charge in [-0.15, -0.1) is 0 Å². The molecule has 0 unspecified atom stereocenters. The summed E-state index contributed by atoms with van der Waals surface area (Å²) in [5, 5.41) is 11.5. The molecule has 18 heavy (non-hydrogen) atoms. The van der Waals surface area contributed by atoms with Crippen molar-refractivity contribution in [3.05, 3.63) is 29.1 Å². The quantitative estimate of drug-likeness (QED) is 0.733. The first-order chi connectivity index (χ1) is 8.56. The molecule has 1 heterocycles. The van der Waals surface area contributed by atoms with E-state index >= 15 is 0 Å². The van der Waals surface area contributed by atoms with Crippen molar-refractivity contribution in [2.24, 2.45) is 0 Å². The van der Waals surface area contributed by atoms with E-state index in [1.54, 1.807) is 14.0 Å². The fraction of sp³-hybridized carbons (Fsp3) is 0.417. The average molecular weight is 252 g/mol. The van der Waals surface area contributed by atoms with E-state index in [0.29, 0.717) is 25.3 Å². The third-order valence-electron chi connectivity index (χ3n) is 2.36. The van der Waals surface area contributed by atoms with Crippen LogP contribution >= 0.6 is 0 Å². The lowest BCUT2D eigenvalue weighted by atomic mass is 10.2. The summed E-state index contributed by atoms with van der Waals surface area (Å²) in [5.41, 5.74) is 0.646. The molecule has 0 spiro atoms. The number of hydrogen-bond donors (Lipinski definition) is 2.